The minimum Gasteiger partial charge on any atom is -0.396 e. The second kappa shape index (κ2) is 5.93. The molecule has 0 aliphatic heterocycles. The van der Waals surface area contributed by atoms with Gasteiger partial charge in [-0.25, -0.2) is 0 Å². The molecule has 0 saturated carbocycles. The molecule has 0 fully saturated rings. The summed E-state index contributed by atoms with van der Waals surface area (Å²) < 4.78 is 0. The second-order valence-electron chi connectivity index (χ2n) is 3.37. The van der Waals surface area contributed by atoms with Crippen molar-refractivity contribution in [1.82, 2.24) is 4.98 Å². The molecule has 0 aromatic carbocycles. The predicted molar refractivity (Wildman–Crippen MR) is 70.8 cm³/mol. The van der Waals surface area contributed by atoms with Crippen molar-refractivity contribution >= 4 is 19.7 Å². The summed E-state index contributed by atoms with van der Waals surface area (Å²) in [6.45, 7) is 4.62. The van der Waals surface area contributed by atoms with Gasteiger partial charge in [-0.1, -0.05) is 6.58 Å². The second-order valence-corrected chi connectivity index (χ2v) is 4.25. The highest BCUT2D eigenvalue weighted by atomic mass is 31.0. The molecule has 0 saturated heterocycles. The summed E-state index contributed by atoms with van der Waals surface area (Å²) in [5.41, 5.74) is 6.21. The lowest BCUT2D eigenvalue weighted by atomic mass is 10.1. The molecule has 0 bridgehead atoms. The number of nitrogens with two attached hydrogens (primary N) is 1. The van der Waals surface area contributed by atoms with Crippen LogP contribution in [0.15, 0.2) is 41.7 Å². The summed E-state index contributed by atoms with van der Waals surface area (Å²) >= 11 is 0. The number of Topliss-reactive ketones (excluding diaryl/α,β-unsaturated/α-hetero) is 1. The first-order valence-electron chi connectivity index (χ1n) is 4.95. The van der Waals surface area contributed by atoms with Gasteiger partial charge >= 0.3 is 0 Å². The molecule has 18 heavy (non-hydrogen) atoms. The van der Waals surface area contributed by atoms with E-state index >= 15 is 0 Å². The third-order valence-electron chi connectivity index (χ3n) is 2.16. The number of carbonyl (C=O) groups excluding carboxylic acids is 1. The highest BCUT2D eigenvalue weighted by Gasteiger charge is 2.14. The van der Waals surface area contributed by atoms with Crippen molar-refractivity contribution < 1.29 is 9.72 Å². The molecule has 1 unspecified atom stereocenters. The molecule has 0 spiro atoms. The van der Waals surface area contributed by atoms with E-state index in [2.05, 4.69) is 11.6 Å². The fourth-order valence-corrected chi connectivity index (χ4v) is 1.92. The molecule has 0 aliphatic carbocycles. The summed E-state index contributed by atoms with van der Waals surface area (Å²) in [6.07, 6.45) is 2.17. The van der Waals surface area contributed by atoms with Crippen molar-refractivity contribution in [2.24, 2.45) is 5.73 Å². The normalized spacial score (nSPS) is 13.3. The van der Waals surface area contributed by atoms with E-state index in [9.17, 15) is 14.9 Å². The fourth-order valence-electron chi connectivity index (χ4n) is 1.25. The summed E-state index contributed by atoms with van der Waals surface area (Å²) in [6, 6.07) is 0. The Labute approximate surface area is 105 Å². The Morgan fingerprint density at radius 2 is 2.33 bits per heavy atom. The first-order valence-corrected chi connectivity index (χ1v) is 6.11. The highest BCUT2D eigenvalue weighted by molar-refractivity contribution is 7.28. The largest absolute Gasteiger partial charge is 0.396 e. The van der Waals surface area contributed by atoms with E-state index < -0.39 is 4.92 Å². The van der Waals surface area contributed by atoms with Crippen LogP contribution < -0.4 is 5.73 Å². The molecule has 2 N–H and O–H groups in total. The zero-order valence-electron chi connectivity index (χ0n) is 9.71. The van der Waals surface area contributed by atoms with Crippen molar-refractivity contribution in [2.45, 2.75) is 6.92 Å². The molecule has 1 rings (SSSR count). The van der Waals surface area contributed by atoms with Crippen LogP contribution in [0.25, 0.3) is 5.70 Å². The van der Waals surface area contributed by atoms with Crippen LogP contribution in [0.3, 0.4) is 0 Å². The Morgan fingerprint density at radius 1 is 1.67 bits per heavy atom. The van der Waals surface area contributed by atoms with Crippen molar-refractivity contribution in [3.05, 3.63) is 57.5 Å². The first kappa shape index (κ1) is 13.9. The van der Waals surface area contributed by atoms with Gasteiger partial charge < -0.3 is 5.73 Å². The molecular formula is C11H12N3O3P. The Kier molecular flexibility index (Phi) is 4.57. The molecule has 7 heteroatoms. The standard InChI is InChI=1S/C11H12N3O3P/c1-3-8(14(16)17)4-9(7(2)15)11(12)10-5-18-6-13-10/h3-6,18H,1,12H2,2H3/b8-4+,11-9?. The number of rotatable bonds is 5. The van der Waals surface area contributed by atoms with Gasteiger partial charge in [0.05, 0.1) is 16.3 Å². The summed E-state index contributed by atoms with van der Waals surface area (Å²) in [7, 11) is 0.406. The molecule has 1 atom stereocenters. The molecule has 1 aromatic heterocycles. The molecule has 0 aliphatic rings. The van der Waals surface area contributed by atoms with Crippen LogP contribution in [0.1, 0.15) is 12.6 Å². The molecule has 1 aromatic rings. The van der Waals surface area contributed by atoms with Crippen LogP contribution in [-0.4, -0.2) is 15.7 Å². The van der Waals surface area contributed by atoms with Crippen LogP contribution in [0.5, 0.6) is 0 Å². The molecule has 0 radical (unpaired) electrons. The average molecular weight is 265 g/mol. The zero-order chi connectivity index (χ0) is 13.7. The lowest BCUT2D eigenvalue weighted by Crippen LogP contribution is -2.08. The zero-order valence-corrected chi connectivity index (χ0v) is 10.7. The van der Waals surface area contributed by atoms with E-state index in [0.29, 0.717) is 13.9 Å². The molecule has 94 valence electrons. The first-order chi connectivity index (χ1) is 8.47. The van der Waals surface area contributed by atoms with Crippen molar-refractivity contribution in [2.75, 3.05) is 0 Å². The quantitative estimate of drug-likeness (QED) is 0.378. The van der Waals surface area contributed by atoms with E-state index in [1.165, 1.54) is 6.92 Å². The van der Waals surface area contributed by atoms with Crippen molar-refractivity contribution in [3.63, 3.8) is 0 Å². The molecular weight excluding hydrogens is 253 g/mol. The number of ketones is 1. The number of nitro groups is 1. The molecule has 1 heterocycles. The van der Waals surface area contributed by atoms with E-state index in [0.717, 1.165) is 12.2 Å². The topological polar surface area (TPSA) is 99.1 Å². The third-order valence-corrected chi connectivity index (χ3v) is 2.87. The monoisotopic (exact) mass is 265 g/mol. The average Bonchev–Trinajstić information content (AvgIpc) is 2.81. The van der Waals surface area contributed by atoms with E-state index in [-0.39, 0.29) is 22.8 Å². The smallest absolute Gasteiger partial charge is 0.269 e. The van der Waals surface area contributed by atoms with Crippen LogP contribution in [0.4, 0.5) is 0 Å². The van der Waals surface area contributed by atoms with Gasteiger partial charge in [0.15, 0.2) is 5.78 Å². The van der Waals surface area contributed by atoms with E-state index in [4.69, 9.17) is 5.73 Å². The van der Waals surface area contributed by atoms with Gasteiger partial charge in [0.2, 0.25) is 0 Å². The minimum absolute atomic E-state index is 0.0664. The van der Waals surface area contributed by atoms with Gasteiger partial charge in [-0.2, -0.15) is 0 Å². The molecule has 0 amide bonds. The van der Waals surface area contributed by atoms with Crippen LogP contribution in [-0.2, 0) is 4.79 Å². The third kappa shape index (κ3) is 3.15. The number of hydrogen-bond donors (Lipinski definition) is 1. The number of allylic oxidation sites excluding steroid dienone is 3. The lowest BCUT2D eigenvalue weighted by molar-refractivity contribution is -0.419. The Hall–Kier alpha value is -2.20. The number of hydrogen-bond acceptors (Lipinski definition) is 5. The van der Waals surface area contributed by atoms with Gasteiger partial charge in [-0.05, 0) is 12.7 Å². The van der Waals surface area contributed by atoms with Gasteiger partial charge in [0, 0.05) is 23.7 Å². The summed E-state index contributed by atoms with van der Waals surface area (Å²) in [4.78, 5) is 25.6. The Balaban J connectivity index is 3.35. The SMILES string of the molecule is C=C/C(=C\C(C(C)=O)=C(N)c1c[pH]cn1)[N+](=O)[O-]. The van der Waals surface area contributed by atoms with Crippen molar-refractivity contribution in [3.8, 4) is 0 Å². The van der Waals surface area contributed by atoms with E-state index in [1.54, 1.807) is 11.7 Å². The number of nitrogens with zero attached hydrogens (tertiary/aromatic N) is 2. The Morgan fingerprint density at radius 3 is 2.72 bits per heavy atom. The maximum Gasteiger partial charge on any atom is 0.269 e. The number of aromatic nitrogens is 1. The fraction of sp³-hybridized carbons (Fsp3) is 0.0909. The van der Waals surface area contributed by atoms with Crippen LogP contribution in [0, 0.1) is 10.1 Å². The van der Waals surface area contributed by atoms with Crippen LogP contribution >= 0.6 is 8.19 Å². The van der Waals surface area contributed by atoms with Gasteiger partial charge in [-0.3, -0.25) is 19.9 Å². The summed E-state index contributed by atoms with van der Waals surface area (Å²) in [5, 5.41) is 10.7. The highest BCUT2D eigenvalue weighted by Crippen LogP contribution is 2.19. The van der Waals surface area contributed by atoms with Gasteiger partial charge in [-0.15, -0.1) is 8.19 Å². The van der Waals surface area contributed by atoms with Gasteiger partial charge in [0.25, 0.3) is 5.70 Å². The molecule has 6 nitrogen and oxygen atoms in total. The maximum absolute atomic E-state index is 11.5. The van der Waals surface area contributed by atoms with Crippen LogP contribution in [0.2, 0.25) is 0 Å². The summed E-state index contributed by atoms with van der Waals surface area (Å²) in [5.74, 6) is 3.08. The lowest BCUT2D eigenvalue weighted by Gasteiger charge is -2.02. The minimum atomic E-state index is -0.628. The van der Waals surface area contributed by atoms with E-state index in [1.807, 2.05) is 0 Å². The Bertz CT molecular complexity index is 544. The maximum atomic E-state index is 11.5. The van der Waals surface area contributed by atoms with Crippen molar-refractivity contribution in [1.29, 1.82) is 0 Å². The predicted octanol–water partition coefficient (Wildman–Crippen LogP) is 1.72. The van der Waals surface area contributed by atoms with Gasteiger partial charge in [0.1, 0.15) is 0 Å². The number of carbonyl (C=O) groups is 1.